The van der Waals surface area contributed by atoms with Crippen molar-refractivity contribution in [3.63, 3.8) is 0 Å². The van der Waals surface area contributed by atoms with Crippen LogP contribution in [0.25, 0.3) is 0 Å². The van der Waals surface area contributed by atoms with Gasteiger partial charge in [0.2, 0.25) is 0 Å². The fourth-order valence-corrected chi connectivity index (χ4v) is 1.99. The first kappa shape index (κ1) is 15.7. The molecule has 8 nitrogen and oxygen atoms in total. The SMILES string of the molecule is COc1ccc([N+](=O)[O-])cc1NC(=O)COC(=O)[C@@H]1C[C@@H]1C. The Hall–Kier alpha value is -2.64. The van der Waals surface area contributed by atoms with E-state index in [1.807, 2.05) is 6.92 Å². The number of non-ortho nitro benzene ring substituents is 1. The van der Waals surface area contributed by atoms with E-state index in [0.717, 1.165) is 6.42 Å². The second-order valence-electron chi connectivity index (χ2n) is 5.12. The molecule has 0 bridgehead atoms. The van der Waals surface area contributed by atoms with Gasteiger partial charge in [-0.1, -0.05) is 6.92 Å². The minimum Gasteiger partial charge on any atom is -0.495 e. The van der Waals surface area contributed by atoms with Crippen LogP contribution in [0.4, 0.5) is 11.4 Å². The molecular formula is C14H16N2O6. The lowest BCUT2D eigenvalue weighted by molar-refractivity contribution is -0.384. The summed E-state index contributed by atoms with van der Waals surface area (Å²) in [4.78, 5) is 33.5. The predicted molar refractivity (Wildman–Crippen MR) is 76.5 cm³/mol. The normalized spacial score (nSPS) is 19.2. The molecule has 0 aliphatic heterocycles. The Kier molecular flexibility index (Phi) is 4.59. The summed E-state index contributed by atoms with van der Waals surface area (Å²) in [5.41, 5.74) is -0.0301. The average Bonchev–Trinajstić information content (AvgIpc) is 3.21. The molecule has 0 unspecified atom stereocenters. The molecule has 1 saturated carbocycles. The van der Waals surface area contributed by atoms with Crippen molar-refractivity contribution >= 4 is 23.3 Å². The minimum atomic E-state index is -0.583. The van der Waals surface area contributed by atoms with Crippen molar-refractivity contribution in [2.45, 2.75) is 13.3 Å². The van der Waals surface area contributed by atoms with Gasteiger partial charge in [-0.2, -0.15) is 0 Å². The predicted octanol–water partition coefficient (Wildman–Crippen LogP) is 1.74. The van der Waals surface area contributed by atoms with Crippen molar-refractivity contribution in [3.05, 3.63) is 28.3 Å². The summed E-state index contributed by atoms with van der Waals surface area (Å²) in [5, 5.41) is 13.2. The molecule has 1 fully saturated rings. The second kappa shape index (κ2) is 6.42. The molecule has 0 aromatic heterocycles. The summed E-state index contributed by atoms with van der Waals surface area (Å²) in [5.74, 6) is -0.525. The highest BCUT2D eigenvalue weighted by Gasteiger charge is 2.40. The van der Waals surface area contributed by atoms with Crippen molar-refractivity contribution in [2.75, 3.05) is 19.0 Å². The third-order valence-corrected chi connectivity index (χ3v) is 3.43. The molecule has 2 rings (SSSR count). The van der Waals surface area contributed by atoms with Gasteiger partial charge in [0, 0.05) is 12.1 Å². The summed E-state index contributed by atoms with van der Waals surface area (Å²) in [6.45, 7) is 1.49. The van der Waals surface area contributed by atoms with Crippen molar-refractivity contribution in [3.8, 4) is 5.75 Å². The largest absolute Gasteiger partial charge is 0.495 e. The Bertz CT molecular complexity index is 615. The van der Waals surface area contributed by atoms with Crippen LogP contribution < -0.4 is 10.1 Å². The zero-order valence-electron chi connectivity index (χ0n) is 12.2. The number of amides is 1. The molecule has 0 saturated heterocycles. The van der Waals surface area contributed by atoms with Gasteiger partial charge in [-0.25, -0.2) is 0 Å². The number of carbonyl (C=O) groups is 2. The van der Waals surface area contributed by atoms with Gasteiger partial charge in [0.05, 0.1) is 23.6 Å². The van der Waals surface area contributed by atoms with Gasteiger partial charge in [0.1, 0.15) is 5.75 Å². The molecule has 0 radical (unpaired) electrons. The molecule has 0 heterocycles. The van der Waals surface area contributed by atoms with Gasteiger partial charge in [-0.05, 0) is 18.4 Å². The van der Waals surface area contributed by atoms with Gasteiger partial charge >= 0.3 is 5.97 Å². The molecule has 1 aromatic rings. The minimum absolute atomic E-state index is 0.125. The number of ether oxygens (including phenoxy) is 2. The number of hydrogen-bond donors (Lipinski definition) is 1. The molecule has 8 heteroatoms. The van der Waals surface area contributed by atoms with E-state index in [2.05, 4.69) is 5.32 Å². The third kappa shape index (κ3) is 3.72. The van der Waals surface area contributed by atoms with Crippen LogP contribution >= 0.6 is 0 Å². The maximum absolute atomic E-state index is 11.8. The molecule has 1 aromatic carbocycles. The lowest BCUT2D eigenvalue weighted by atomic mass is 10.2. The van der Waals surface area contributed by atoms with E-state index in [0.29, 0.717) is 5.92 Å². The van der Waals surface area contributed by atoms with E-state index < -0.39 is 23.4 Å². The van der Waals surface area contributed by atoms with Gasteiger partial charge in [-0.3, -0.25) is 19.7 Å². The number of hydrogen-bond acceptors (Lipinski definition) is 6. The average molecular weight is 308 g/mol. The summed E-state index contributed by atoms with van der Waals surface area (Å²) in [6, 6.07) is 3.83. The molecular weight excluding hydrogens is 292 g/mol. The van der Waals surface area contributed by atoms with Crippen LogP contribution in [0.3, 0.4) is 0 Å². The van der Waals surface area contributed by atoms with E-state index in [9.17, 15) is 19.7 Å². The van der Waals surface area contributed by atoms with Crippen LogP contribution in [0.15, 0.2) is 18.2 Å². The fourth-order valence-electron chi connectivity index (χ4n) is 1.99. The molecule has 1 N–H and O–H groups in total. The van der Waals surface area contributed by atoms with Crippen LogP contribution in [0.5, 0.6) is 5.75 Å². The first-order chi connectivity index (χ1) is 10.4. The fraction of sp³-hybridized carbons (Fsp3) is 0.429. The highest BCUT2D eigenvalue weighted by atomic mass is 16.6. The van der Waals surface area contributed by atoms with Crippen LogP contribution in [0.1, 0.15) is 13.3 Å². The summed E-state index contributed by atoms with van der Waals surface area (Å²) in [7, 11) is 1.38. The lowest BCUT2D eigenvalue weighted by Crippen LogP contribution is -2.22. The van der Waals surface area contributed by atoms with Gasteiger partial charge in [0.15, 0.2) is 6.61 Å². The Morgan fingerprint density at radius 1 is 1.45 bits per heavy atom. The molecule has 1 aliphatic rings. The molecule has 22 heavy (non-hydrogen) atoms. The number of rotatable bonds is 6. The highest BCUT2D eigenvalue weighted by Crippen LogP contribution is 2.38. The first-order valence-corrected chi connectivity index (χ1v) is 6.71. The van der Waals surface area contributed by atoms with Gasteiger partial charge in [0.25, 0.3) is 11.6 Å². The first-order valence-electron chi connectivity index (χ1n) is 6.71. The Morgan fingerprint density at radius 2 is 2.14 bits per heavy atom. The number of methoxy groups -OCH3 is 1. The zero-order chi connectivity index (χ0) is 16.3. The van der Waals surface area contributed by atoms with Crippen molar-refractivity contribution in [2.24, 2.45) is 11.8 Å². The lowest BCUT2D eigenvalue weighted by Gasteiger charge is -2.10. The van der Waals surface area contributed by atoms with Crippen LogP contribution in [-0.2, 0) is 14.3 Å². The van der Waals surface area contributed by atoms with Gasteiger partial charge in [-0.15, -0.1) is 0 Å². The number of benzene rings is 1. The molecule has 1 aliphatic carbocycles. The number of esters is 1. The maximum atomic E-state index is 11.8. The smallest absolute Gasteiger partial charge is 0.309 e. The second-order valence-corrected chi connectivity index (χ2v) is 5.12. The van der Waals surface area contributed by atoms with Crippen molar-refractivity contribution in [1.82, 2.24) is 0 Å². The van der Waals surface area contributed by atoms with Crippen molar-refractivity contribution in [1.29, 1.82) is 0 Å². The zero-order valence-corrected chi connectivity index (χ0v) is 12.2. The highest BCUT2D eigenvalue weighted by molar-refractivity contribution is 5.94. The van der Waals surface area contributed by atoms with Crippen LogP contribution in [0, 0.1) is 22.0 Å². The van der Waals surface area contributed by atoms with Crippen molar-refractivity contribution < 1.29 is 24.0 Å². The molecule has 118 valence electrons. The van der Waals surface area contributed by atoms with E-state index in [4.69, 9.17) is 9.47 Å². The topological polar surface area (TPSA) is 108 Å². The van der Waals surface area contributed by atoms with E-state index in [1.54, 1.807) is 0 Å². The Morgan fingerprint density at radius 3 is 2.68 bits per heavy atom. The molecule has 1 amide bonds. The standard InChI is InChI=1S/C14H16N2O6/c1-8-5-10(8)14(18)22-7-13(17)15-11-6-9(16(19)20)3-4-12(11)21-2/h3-4,6,8,10H,5,7H2,1-2H3,(H,15,17)/t8-,10+/m0/s1. The number of nitro groups is 1. The number of nitrogens with zero attached hydrogens (tertiary/aromatic N) is 1. The van der Waals surface area contributed by atoms with E-state index in [1.165, 1.54) is 25.3 Å². The van der Waals surface area contributed by atoms with Crippen LogP contribution in [0.2, 0.25) is 0 Å². The Labute approximate surface area is 126 Å². The number of anilines is 1. The number of nitro benzene ring substituents is 1. The van der Waals surface area contributed by atoms with Gasteiger partial charge < -0.3 is 14.8 Å². The monoisotopic (exact) mass is 308 g/mol. The summed E-state index contributed by atoms with van der Waals surface area (Å²) in [6.07, 6.45) is 0.777. The number of carbonyl (C=O) groups excluding carboxylic acids is 2. The maximum Gasteiger partial charge on any atom is 0.309 e. The van der Waals surface area contributed by atoms with Crippen LogP contribution in [-0.4, -0.2) is 30.5 Å². The Balaban J connectivity index is 1.96. The quantitative estimate of drug-likeness (QED) is 0.487. The summed E-state index contributed by atoms with van der Waals surface area (Å²) < 4.78 is 9.92. The summed E-state index contributed by atoms with van der Waals surface area (Å²) >= 11 is 0. The molecule has 2 atom stereocenters. The van der Waals surface area contributed by atoms with E-state index in [-0.39, 0.29) is 23.0 Å². The molecule has 0 spiro atoms. The number of nitrogens with one attached hydrogen (secondary N) is 1. The third-order valence-electron chi connectivity index (χ3n) is 3.43. The van der Waals surface area contributed by atoms with E-state index >= 15 is 0 Å².